The third-order valence-electron chi connectivity index (χ3n) is 4.01. The quantitative estimate of drug-likeness (QED) is 0.402. The Morgan fingerprint density at radius 3 is 2.85 bits per heavy atom. The number of nitrogen functional groups attached to an aromatic ring is 1. The van der Waals surface area contributed by atoms with Crippen molar-refractivity contribution in [2.75, 3.05) is 19.3 Å². The highest BCUT2D eigenvalue weighted by Crippen LogP contribution is 2.14. The van der Waals surface area contributed by atoms with Crippen molar-refractivity contribution in [2.24, 2.45) is 5.92 Å². The Morgan fingerprint density at radius 1 is 1.58 bits per heavy atom. The van der Waals surface area contributed by atoms with Gasteiger partial charge in [-0.2, -0.15) is 4.98 Å². The minimum atomic E-state index is -1.21. The Hall–Kier alpha value is -2.40. The van der Waals surface area contributed by atoms with Crippen LogP contribution >= 0.6 is 0 Å². The second-order valence-electron chi connectivity index (χ2n) is 6.84. The number of rotatable bonds is 9. The van der Waals surface area contributed by atoms with Crippen LogP contribution in [0.25, 0.3) is 0 Å². The van der Waals surface area contributed by atoms with Crippen molar-refractivity contribution in [1.82, 2.24) is 14.5 Å². The van der Waals surface area contributed by atoms with E-state index in [4.69, 9.17) is 5.73 Å². The van der Waals surface area contributed by atoms with Crippen molar-refractivity contribution in [3.63, 3.8) is 0 Å². The van der Waals surface area contributed by atoms with Crippen molar-refractivity contribution in [3.8, 4) is 0 Å². The van der Waals surface area contributed by atoms with Crippen LogP contribution in [0.4, 0.5) is 5.82 Å². The second kappa shape index (κ2) is 9.92. The molecule has 0 saturated carbocycles. The first-order valence-electron chi connectivity index (χ1n) is 8.66. The molecule has 1 aromatic rings. The average molecular weight is 358 g/mol. The predicted octanol–water partition coefficient (Wildman–Crippen LogP) is 2.34. The van der Waals surface area contributed by atoms with Gasteiger partial charge in [-0.15, -0.1) is 5.73 Å². The zero-order chi connectivity index (χ0) is 19.7. The Kier molecular flexibility index (Phi) is 8.26. The Bertz CT molecular complexity index is 753. The molecule has 0 bridgehead atoms. The molecule has 6 nitrogen and oxygen atoms in total. The molecule has 0 aliphatic heterocycles. The number of aliphatic hydroxyl groups is 1. The molecule has 1 unspecified atom stereocenters. The van der Waals surface area contributed by atoms with Crippen LogP contribution in [0.15, 0.2) is 59.2 Å². The summed E-state index contributed by atoms with van der Waals surface area (Å²) in [7, 11) is 1.81. The van der Waals surface area contributed by atoms with Gasteiger partial charge in [0.05, 0.1) is 6.54 Å². The monoisotopic (exact) mass is 358 g/mol. The summed E-state index contributed by atoms with van der Waals surface area (Å²) in [6.45, 7) is 10.4. The molecule has 0 spiro atoms. The lowest BCUT2D eigenvalue weighted by molar-refractivity contribution is -0.0918. The molecule has 0 aliphatic rings. The molecule has 3 N–H and O–H groups in total. The molecule has 1 atom stereocenters. The van der Waals surface area contributed by atoms with Gasteiger partial charge in [-0.1, -0.05) is 32.6 Å². The van der Waals surface area contributed by atoms with Crippen LogP contribution in [0.3, 0.4) is 0 Å². The van der Waals surface area contributed by atoms with Gasteiger partial charge < -0.3 is 10.8 Å². The first kappa shape index (κ1) is 21.6. The van der Waals surface area contributed by atoms with Crippen molar-refractivity contribution >= 4 is 5.82 Å². The standard InChI is InChI=1S/C20H30N4O2/c1-6-17(10-8-7-9-16(2)3)11-13-23(5)20(4,26)15-24-14-12-18(21)22-19(24)25/h6,8-10,12,14,16,26H,1,11,13,15H2,2-5H3,(H2,21,22,25)/b17-10+. The van der Waals surface area contributed by atoms with Crippen LogP contribution in [0, 0.1) is 5.92 Å². The van der Waals surface area contributed by atoms with E-state index in [-0.39, 0.29) is 12.4 Å². The largest absolute Gasteiger partial charge is 0.383 e. The number of likely N-dealkylation sites (N-methyl/N-ethyl adjacent to an activating group) is 1. The Morgan fingerprint density at radius 2 is 2.27 bits per heavy atom. The second-order valence-corrected chi connectivity index (χ2v) is 6.84. The maximum atomic E-state index is 11.9. The summed E-state index contributed by atoms with van der Waals surface area (Å²) >= 11 is 0. The lowest BCUT2D eigenvalue weighted by Crippen LogP contribution is -2.49. The molecule has 0 amide bonds. The number of hydrogen-bond acceptors (Lipinski definition) is 5. The fraction of sp³-hybridized carbons (Fsp3) is 0.450. The molecule has 0 fully saturated rings. The smallest absolute Gasteiger partial charge is 0.349 e. The highest BCUT2D eigenvalue weighted by molar-refractivity contribution is 5.23. The zero-order valence-electron chi connectivity index (χ0n) is 16.1. The van der Waals surface area contributed by atoms with Crippen LogP contribution in [0.5, 0.6) is 0 Å². The van der Waals surface area contributed by atoms with E-state index in [1.807, 2.05) is 25.3 Å². The van der Waals surface area contributed by atoms with E-state index in [1.165, 1.54) is 16.8 Å². The number of hydrogen-bond donors (Lipinski definition) is 2. The molecule has 0 saturated heterocycles. The molecule has 142 valence electrons. The van der Waals surface area contributed by atoms with Gasteiger partial charge in [0.2, 0.25) is 0 Å². The molecule has 1 rings (SSSR count). The summed E-state index contributed by atoms with van der Waals surface area (Å²) in [4.78, 5) is 17.3. The van der Waals surface area contributed by atoms with Gasteiger partial charge in [0.25, 0.3) is 0 Å². The molecule has 0 aliphatic carbocycles. The number of anilines is 1. The number of nitrogens with zero attached hydrogens (tertiary/aromatic N) is 3. The van der Waals surface area contributed by atoms with Crippen molar-refractivity contribution < 1.29 is 5.11 Å². The van der Waals surface area contributed by atoms with Crippen LogP contribution in [-0.4, -0.2) is 38.9 Å². The summed E-state index contributed by atoms with van der Waals surface area (Å²) in [5.74, 6) is 0.624. The summed E-state index contributed by atoms with van der Waals surface area (Å²) in [5, 5.41) is 10.7. The summed E-state index contributed by atoms with van der Waals surface area (Å²) < 4.78 is 1.34. The molecule has 1 aromatic heterocycles. The lowest BCUT2D eigenvalue weighted by Gasteiger charge is -2.34. The van der Waals surface area contributed by atoms with Crippen LogP contribution < -0.4 is 11.4 Å². The zero-order valence-corrected chi connectivity index (χ0v) is 16.1. The van der Waals surface area contributed by atoms with Crippen molar-refractivity contribution in [3.05, 3.63) is 64.9 Å². The van der Waals surface area contributed by atoms with Gasteiger partial charge in [0.1, 0.15) is 11.5 Å². The van der Waals surface area contributed by atoms with Gasteiger partial charge >= 0.3 is 5.69 Å². The van der Waals surface area contributed by atoms with Crippen LogP contribution in [0.1, 0.15) is 27.2 Å². The van der Waals surface area contributed by atoms with E-state index in [9.17, 15) is 9.90 Å². The third-order valence-corrected chi connectivity index (χ3v) is 4.01. The Balaban J connectivity index is 2.73. The van der Waals surface area contributed by atoms with Crippen molar-refractivity contribution in [1.29, 1.82) is 0 Å². The summed E-state index contributed by atoms with van der Waals surface area (Å²) in [6.07, 6.45) is 9.87. The molecule has 1 heterocycles. The highest BCUT2D eigenvalue weighted by atomic mass is 16.3. The van der Waals surface area contributed by atoms with Gasteiger partial charge in [0.15, 0.2) is 0 Å². The topological polar surface area (TPSA) is 84.4 Å². The predicted molar refractivity (Wildman–Crippen MR) is 107 cm³/mol. The van der Waals surface area contributed by atoms with E-state index in [2.05, 4.69) is 31.1 Å². The fourth-order valence-corrected chi connectivity index (χ4v) is 2.20. The fourth-order valence-electron chi connectivity index (χ4n) is 2.20. The minimum Gasteiger partial charge on any atom is -0.383 e. The lowest BCUT2D eigenvalue weighted by atomic mass is 10.1. The summed E-state index contributed by atoms with van der Waals surface area (Å²) in [6, 6.07) is 1.53. The molecular formula is C20H30N4O2. The van der Waals surface area contributed by atoms with E-state index >= 15 is 0 Å². The molecule has 26 heavy (non-hydrogen) atoms. The SMILES string of the molecule is C=C/C(=C\C=C=CC(C)C)CCN(C)C(C)(O)Cn1ccc(N)nc1=O. The Labute approximate surface area is 155 Å². The maximum absolute atomic E-state index is 11.9. The van der Waals surface area contributed by atoms with E-state index < -0.39 is 11.4 Å². The minimum absolute atomic E-state index is 0.0970. The normalized spacial score (nSPS) is 14.0. The van der Waals surface area contributed by atoms with Crippen LogP contribution in [-0.2, 0) is 6.54 Å². The van der Waals surface area contributed by atoms with Gasteiger partial charge in [-0.3, -0.25) is 9.47 Å². The first-order valence-corrected chi connectivity index (χ1v) is 8.66. The molecule has 0 aromatic carbocycles. The van der Waals surface area contributed by atoms with Gasteiger partial charge in [-0.25, -0.2) is 4.79 Å². The van der Waals surface area contributed by atoms with Gasteiger partial charge in [-0.05, 0) is 50.1 Å². The third kappa shape index (κ3) is 7.23. The number of aromatic nitrogens is 2. The van der Waals surface area contributed by atoms with Gasteiger partial charge in [0, 0.05) is 12.7 Å². The molecular weight excluding hydrogens is 328 g/mol. The summed E-state index contributed by atoms with van der Waals surface area (Å²) in [5.41, 5.74) is 7.97. The molecule has 0 radical (unpaired) electrons. The van der Waals surface area contributed by atoms with E-state index in [0.717, 1.165) is 5.57 Å². The highest BCUT2D eigenvalue weighted by Gasteiger charge is 2.26. The number of allylic oxidation sites excluding steroid dienone is 3. The first-order chi connectivity index (χ1) is 12.2. The average Bonchev–Trinajstić information content (AvgIpc) is 2.56. The van der Waals surface area contributed by atoms with Crippen molar-refractivity contribution in [2.45, 2.75) is 39.5 Å². The van der Waals surface area contributed by atoms with Crippen LogP contribution in [0.2, 0.25) is 0 Å². The maximum Gasteiger partial charge on any atom is 0.349 e. The van der Waals surface area contributed by atoms with E-state index in [0.29, 0.717) is 18.9 Å². The number of nitrogens with two attached hydrogens (primary N) is 1. The van der Waals surface area contributed by atoms with E-state index in [1.54, 1.807) is 17.9 Å². The molecule has 6 heteroatoms.